The Kier molecular flexibility index (Phi) is 1.97. The average molecular weight is 223 g/mol. The van der Waals surface area contributed by atoms with Crippen LogP contribution in [0.15, 0.2) is 23.2 Å². The Morgan fingerprint density at radius 2 is 2.33 bits per heavy atom. The number of amidine groups is 1. The van der Waals surface area contributed by atoms with Crippen molar-refractivity contribution in [2.24, 2.45) is 4.99 Å². The fourth-order valence-electron chi connectivity index (χ4n) is 2.16. The van der Waals surface area contributed by atoms with Gasteiger partial charge in [-0.1, -0.05) is 17.7 Å². The van der Waals surface area contributed by atoms with Gasteiger partial charge in [-0.25, -0.2) is 4.99 Å². The number of nitrogens with zero attached hydrogens (tertiary/aromatic N) is 2. The Morgan fingerprint density at radius 3 is 3.20 bits per heavy atom. The molecule has 4 heteroatoms. The molecule has 1 N–H and O–H groups in total. The molecule has 3 rings (SSSR count). The Morgan fingerprint density at radius 1 is 1.47 bits per heavy atom. The molecule has 78 valence electrons. The minimum absolute atomic E-state index is 0.405. The van der Waals surface area contributed by atoms with Crippen molar-refractivity contribution in [1.29, 1.82) is 0 Å². The first kappa shape index (κ1) is 9.19. The smallest absolute Gasteiger partial charge is 0.134 e. The summed E-state index contributed by atoms with van der Waals surface area (Å²) in [5.41, 5.74) is 1.96. The molecule has 2 heterocycles. The molecule has 1 aromatic rings. The molecule has 1 aromatic carbocycles. The van der Waals surface area contributed by atoms with Crippen molar-refractivity contribution in [2.75, 3.05) is 6.54 Å². The van der Waals surface area contributed by atoms with Gasteiger partial charge in [0.1, 0.15) is 11.9 Å². The summed E-state index contributed by atoms with van der Waals surface area (Å²) in [7, 11) is 0. The van der Waals surface area contributed by atoms with Crippen LogP contribution in [-0.4, -0.2) is 28.5 Å². The lowest BCUT2D eigenvalue weighted by molar-refractivity contribution is 0.245. The molecule has 2 aliphatic heterocycles. The zero-order chi connectivity index (χ0) is 10.4. The number of halogens is 1. The molecule has 1 saturated heterocycles. The van der Waals surface area contributed by atoms with E-state index in [1.54, 1.807) is 0 Å². The molecule has 3 nitrogen and oxygen atoms in total. The molecule has 0 saturated carbocycles. The first-order valence-corrected chi connectivity index (χ1v) is 5.42. The molecule has 0 unspecified atom stereocenters. The maximum absolute atomic E-state index is 9.71. The second kappa shape index (κ2) is 3.22. The summed E-state index contributed by atoms with van der Waals surface area (Å²) >= 11 is 6.11. The van der Waals surface area contributed by atoms with Crippen LogP contribution in [0.2, 0.25) is 5.02 Å². The number of aliphatic imine (C=N–C) groups is 1. The number of hydrogen-bond donors (Lipinski definition) is 1. The molecule has 0 aliphatic carbocycles. The van der Waals surface area contributed by atoms with Crippen LogP contribution in [0.3, 0.4) is 0 Å². The summed E-state index contributed by atoms with van der Waals surface area (Å²) < 4.78 is 0. The van der Waals surface area contributed by atoms with E-state index in [-0.39, 0.29) is 0 Å². The molecule has 0 bridgehead atoms. The molecular weight excluding hydrogens is 212 g/mol. The van der Waals surface area contributed by atoms with Gasteiger partial charge in [-0.05, 0) is 18.6 Å². The van der Waals surface area contributed by atoms with E-state index < -0.39 is 6.10 Å². The van der Waals surface area contributed by atoms with Crippen molar-refractivity contribution in [2.45, 2.75) is 19.1 Å². The lowest BCUT2D eigenvalue weighted by atomic mass is 10.1. The molecule has 1 fully saturated rings. The van der Waals surface area contributed by atoms with Crippen molar-refractivity contribution < 1.29 is 5.11 Å². The Hall–Kier alpha value is -1.06. The SMILES string of the molecule is O[C@@H]1CCN2Cc3c(Cl)cccc3N=C12. The maximum atomic E-state index is 9.71. The van der Waals surface area contributed by atoms with Gasteiger partial charge in [-0.3, -0.25) is 0 Å². The van der Waals surface area contributed by atoms with Crippen LogP contribution < -0.4 is 0 Å². The van der Waals surface area contributed by atoms with Crippen molar-refractivity contribution >= 4 is 23.1 Å². The minimum atomic E-state index is -0.405. The number of aliphatic hydroxyl groups excluding tert-OH is 1. The second-order valence-electron chi connectivity index (χ2n) is 3.93. The molecule has 0 aromatic heterocycles. The topological polar surface area (TPSA) is 35.8 Å². The lowest BCUT2D eigenvalue weighted by Gasteiger charge is -2.25. The predicted molar refractivity (Wildman–Crippen MR) is 59.6 cm³/mol. The van der Waals surface area contributed by atoms with Crippen LogP contribution in [0.5, 0.6) is 0 Å². The quantitative estimate of drug-likeness (QED) is 0.729. The highest BCUT2D eigenvalue weighted by molar-refractivity contribution is 6.31. The highest BCUT2D eigenvalue weighted by Crippen LogP contribution is 2.34. The summed E-state index contributed by atoms with van der Waals surface area (Å²) in [6.07, 6.45) is 0.363. The van der Waals surface area contributed by atoms with E-state index in [1.165, 1.54) is 0 Å². The van der Waals surface area contributed by atoms with E-state index in [9.17, 15) is 5.11 Å². The third-order valence-corrected chi connectivity index (χ3v) is 3.33. The largest absolute Gasteiger partial charge is 0.385 e. The van der Waals surface area contributed by atoms with E-state index in [1.807, 2.05) is 18.2 Å². The average Bonchev–Trinajstić information content (AvgIpc) is 2.59. The number of aliphatic hydroxyl groups is 1. The fourth-order valence-corrected chi connectivity index (χ4v) is 2.39. The van der Waals surface area contributed by atoms with Gasteiger partial charge in [0.2, 0.25) is 0 Å². The van der Waals surface area contributed by atoms with Crippen molar-refractivity contribution in [3.63, 3.8) is 0 Å². The predicted octanol–water partition coefficient (Wildman–Crippen LogP) is 1.95. The number of rotatable bonds is 0. The van der Waals surface area contributed by atoms with Crippen LogP contribution in [0.25, 0.3) is 0 Å². The Labute approximate surface area is 93.0 Å². The summed E-state index contributed by atoms with van der Waals surface area (Å²) in [5.74, 6) is 0.796. The lowest BCUT2D eigenvalue weighted by Crippen LogP contribution is -2.31. The van der Waals surface area contributed by atoms with Crippen molar-refractivity contribution in [3.05, 3.63) is 28.8 Å². The van der Waals surface area contributed by atoms with Gasteiger partial charge in [-0.2, -0.15) is 0 Å². The van der Waals surface area contributed by atoms with Gasteiger partial charge in [0.15, 0.2) is 0 Å². The van der Waals surface area contributed by atoms with Crippen molar-refractivity contribution in [1.82, 2.24) is 4.90 Å². The highest BCUT2D eigenvalue weighted by atomic mass is 35.5. The fraction of sp³-hybridized carbons (Fsp3) is 0.364. The summed E-state index contributed by atoms with van der Waals surface area (Å²) in [6.45, 7) is 1.63. The zero-order valence-corrected chi connectivity index (χ0v) is 8.91. The first-order chi connectivity index (χ1) is 7.25. The number of fused-ring (bicyclic) bond motifs is 2. The van der Waals surface area contributed by atoms with Crippen LogP contribution in [0.4, 0.5) is 5.69 Å². The molecule has 0 spiro atoms. The van der Waals surface area contributed by atoms with Gasteiger partial charge in [0.25, 0.3) is 0 Å². The van der Waals surface area contributed by atoms with Crippen LogP contribution >= 0.6 is 11.6 Å². The molecule has 0 radical (unpaired) electrons. The zero-order valence-electron chi connectivity index (χ0n) is 8.15. The Balaban J connectivity index is 2.12. The summed E-state index contributed by atoms with van der Waals surface area (Å²) in [5, 5.41) is 10.5. The summed E-state index contributed by atoms with van der Waals surface area (Å²) in [4.78, 5) is 6.55. The van der Waals surface area contributed by atoms with Crippen molar-refractivity contribution in [3.8, 4) is 0 Å². The van der Waals surface area contributed by atoms with Gasteiger partial charge >= 0.3 is 0 Å². The number of benzene rings is 1. The molecule has 1 atom stereocenters. The van der Waals surface area contributed by atoms with E-state index in [2.05, 4.69) is 9.89 Å². The van der Waals surface area contributed by atoms with E-state index in [0.717, 1.165) is 41.6 Å². The maximum Gasteiger partial charge on any atom is 0.134 e. The summed E-state index contributed by atoms with van der Waals surface area (Å²) in [6, 6.07) is 5.71. The molecule has 2 aliphatic rings. The highest BCUT2D eigenvalue weighted by Gasteiger charge is 2.31. The molecular formula is C11H11ClN2O. The normalized spacial score (nSPS) is 23.5. The van der Waals surface area contributed by atoms with Gasteiger partial charge < -0.3 is 10.0 Å². The van der Waals surface area contributed by atoms with Crippen LogP contribution in [-0.2, 0) is 6.54 Å². The molecule has 0 amide bonds. The monoisotopic (exact) mass is 222 g/mol. The first-order valence-electron chi connectivity index (χ1n) is 5.04. The standard InChI is InChI=1S/C11H11ClN2O/c12-8-2-1-3-9-7(8)6-14-5-4-10(15)11(14)13-9/h1-3,10,15H,4-6H2/t10-/m1/s1. The van der Waals surface area contributed by atoms with E-state index in [4.69, 9.17) is 11.6 Å². The van der Waals surface area contributed by atoms with Crippen LogP contribution in [0, 0.1) is 0 Å². The van der Waals surface area contributed by atoms with E-state index >= 15 is 0 Å². The third-order valence-electron chi connectivity index (χ3n) is 2.97. The van der Waals surface area contributed by atoms with Gasteiger partial charge in [0, 0.05) is 23.7 Å². The van der Waals surface area contributed by atoms with E-state index in [0.29, 0.717) is 0 Å². The minimum Gasteiger partial charge on any atom is -0.385 e. The Bertz CT molecular complexity index is 444. The number of hydrogen-bond acceptors (Lipinski definition) is 3. The third kappa shape index (κ3) is 1.34. The van der Waals surface area contributed by atoms with Gasteiger partial charge in [0.05, 0.1) is 5.69 Å². The second-order valence-corrected chi connectivity index (χ2v) is 4.34. The van der Waals surface area contributed by atoms with Crippen LogP contribution in [0.1, 0.15) is 12.0 Å². The molecule has 15 heavy (non-hydrogen) atoms. The van der Waals surface area contributed by atoms with Gasteiger partial charge in [-0.15, -0.1) is 0 Å².